The minimum atomic E-state index is 0.262. The van der Waals surface area contributed by atoms with E-state index >= 15 is 0 Å². The number of thioether (sulfide) groups is 1. The van der Waals surface area contributed by atoms with Gasteiger partial charge in [-0.25, -0.2) is 9.97 Å². The molecule has 0 aliphatic rings. The molecule has 0 radical (unpaired) electrons. The SMILES string of the molecule is CC(C)c1nc(Cl)cc(SCc2ccccc2Cl)n1. The summed E-state index contributed by atoms with van der Waals surface area (Å²) in [5.74, 6) is 1.80. The van der Waals surface area contributed by atoms with E-state index in [1.165, 1.54) is 0 Å². The molecule has 0 aliphatic carbocycles. The van der Waals surface area contributed by atoms with E-state index in [1.54, 1.807) is 17.8 Å². The Bertz CT molecular complexity index is 573. The molecule has 2 rings (SSSR count). The fourth-order valence-electron chi connectivity index (χ4n) is 1.51. The Labute approximate surface area is 127 Å². The number of hydrogen-bond donors (Lipinski definition) is 0. The van der Waals surface area contributed by atoms with Gasteiger partial charge in [0.2, 0.25) is 0 Å². The van der Waals surface area contributed by atoms with E-state index in [4.69, 9.17) is 23.2 Å². The number of nitrogens with zero attached hydrogens (tertiary/aromatic N) is 2. The van der Waals surface area contributed by atoms with E-state index in [-0.39, 0.29) is 5.92 Å². The quantitative estimate of drug-likeness (QED) is 0.573. The fourth-order valence-corrected chi connectivity index (χ4v) is 2.96. The topological polar surface area (TPSA) is 25.8 Å². The average molecular weight is 313 g/mol. The molecule has 0 saturated heterocycles. The normalized spacial score (nSPS) is 11.0. The van der Waals surface area contributed by atoms with Crippen LogP contribution in [0.25, 0.3) is 0 Å². The summed E-state index contributed by atoms with van der Waals surface area (Å²) in [7, 11) is 0. The van der Waals surface area contributed by atoms with E-state index in [0.717, 1.165) is 27.2 Å². The Morgan fingerprint density at radius 3 is 2.58 bits per heavy atom. The summed E-state index contributed by atoms with van der Waals surface area (Å²) in [6.45, 7) is 4.10. The Kier molecular flexibility index (Phi) is 5.08. The maximum Gasteiger partial charge on any atom is 0.133 e. The van der Waals surface area contributed by atoms with Crippen LogP contribution in [0.15, 0.2) is 35.4 Å². The highest BCUT2D eigenvalue weighted by atomic mass is 35.5. The zero-order chi connectivity index (χ0) is 13.8. The largest absolute Gasteiger partial charge is 0.226 e. The molecule has 5 heteroatoms. The molecule has 1 aromatic carbocycles. The second kappa shape index (κ2) is 6.60. The summed E-state index contributed by atoms with van der Waals surface area (Å²) in [6, 6.07) is 9.60. The molecular formula is C14H14Cl2N2S. The van der Waals surface area contributed by atoms with Crippen molar-refractivity contribution in [3.63, 3.8) is 0 Å². The van der Waals surface area contributed by atoms with Crippen LogP contribution in [0.4, 0.5) is 0 Å². The highest BCUT2D eigenvalue weighted by Gasteiger charge is 2.08. The zero-order valence-electron chi connectivity index (χ0n) is 10.7. The Morgan fingerprint density at radius 2 is 1.89 bits per heavy atom. The van der Waals surface area contributed by atoms with Gasteiger partial charge in [0.15, 0.2) is 0 Å². The molecule has 1 aromatic heterocycles. The van der Waals surface area contributed by atoms with E-state index in [2.05, 4.69) is 9.97 Å². The van der Waals surface area contributed by atoms with Gasteiger partial charge in [-0.05, 0) is 11.6 Å². The fraction of sp³-hybridized carbons (Fsp3) is 0.286. The maximum absolute atomic E-state index is 6.13. The lowest BCUT2D eigenvalue weighted by Gasteiger charge is -2.08. The number of hydrogen-bond acceptors (Lipinski definition) is 3. The van der Waals surface area contributed by atoms with Gasteiger partial charge in [0.1, 0.15) is 16.0 Å². The summed E-state index contributed by atoms with van der Waals surface area (Å²) in [5, 5.41) is 2.14. The van der Waals surface area contributed by atoms with Crippen molar-refractivity contribution >= 4 is 35.0 Å². The first-order chi connectivity index (χ1) is 9.06. The van der Waals surface area contributed by atoms with E-state index in [1.807, 2.05) is 38.1 Å². The molecule has 0 atom stereocenters. The zero-order valence-corrected chi connectivity index (χ0v) is 13.1. The van der Waals surface area contributed by atoms with Gasteiger partial charge >= 0.3 is 0 Å². The molecule has 0 aliphatic heterocycles. The third-order valence-corrected chi connectivity index (χ3v) is 4.06. The lowest BCUT2D eigenvalue weighted by atomic mass is 10.2. The molecule has 100 valence electrons. The van der Waals surface area contributed by atoms with E-state index < -0.39 is 0 Å². The first kappa shape index (κ1) is 14.6. The van der Waals surface area contributed by atoms with Gasteiger partial charge in [0, 0.05) is 22.8 Å². The van der Waals surface area contributed by atoms with Gasteiger partial charge in [-0.15, -0.1) is 11.8 Å². The highest BCUT2D eigenvalue weighted by Crippen LogP contribution is 2.27. The molecule has 2 aromatic rings. The monoisotopic (exact) mass is 312 g/mol. The van der Waals surface area contributed by atoms with Crippen LogP contribution >= 0.6 is 35.0 Å². The molecule has 1 heterocycles. The minimum Gasteiger partial charge on any atom is -0.226 e. The molecule has 0 fully saturated rings. The first-order valence-electron chi connectivity index (χ1n) is 5.97. The van der Waals surface area contributed by atoms with Gasteiger partial charge in [0.05, 0.1) is 0 Å². The predicted molar refractivity (Wildman–Crippen MR) is 82.1 cm³/mol. The van der Waals surface area contributed by atoms with Crippen LogP contribution in [0.2, 0.25) is 10.2 Å². The van der Waals surface area contributed by atoms with Crippen LogP contribution in [0.5, 0.6) is 0 Å². The van der Waals surface area contributed by atoms with Crippen molar-refractivity contribution < 1.29 is 0 Å². The maximum atomic E-state index is 6.13. The summed E-state index contributed by atoms with van der Waals surface area (Å²) in [6.07, 6.45) is 0. The van der Waals surface area contributed by atoms with Crippen molar-refractivity contribution in [3.8, 4) is 0 Å². The highest BCUT2D eigenvalue weighted by molar-refractivity contribution is 7.98. The van der Waals surface area contributed by atoms with Crippen molar-refractivity contribution in [2.75, 3.05) is 0 Å². The molecule has 0 N–H and O–H groups in total. The van der Waals surface area contributed by atoms with Crippen molar-refractivity contribution in [2.24, 2.45) is 0 Å². The van der Waals surface area contributed by atoms with Crippen LogP contribution in [0.1, 0.15) is 31.2 Å². The van der Waals surface area contributed by atoms with Crippen molar-refractivity contribution in [3.05, 3.63) is 51.9 Å². The van der Waals surface area contributed by atoms with Gasteiger partial charge in [-0.2, -0.15) is 0 Å². The molecule has 19 heavy (non-hydrogen) atoms. The molecule has 0 unspecified atom stereocenters. The van der Waals surface area contributed by atoms with Gasteiger partial charge in [-0.1, -0.05) is 55.2 Å². The predicted octanol–water partition coefficient (Wildman–Crippen LogP) is 5.20. The molecular weight excluding hydrogens is 299 g/mol. The third kappa shape index (κ3) is 4.10. The van der Waals surface area contributed by atoms with Crippen LogP contribution in [0, 0.1) is 0 Å². The van der Waals surface area contributed by atoms with Crippen molar-refractivity contribution in [1.29, 1.82) is 0 Å². The van der Waals surface area contributed by atoms with E-state index in [9.17, 15) is 0 Å². The van der Waals surface area contributed by atoms with E-state index in [0.29, 0.717) is 5.15 Å². The lowest BCUT2D eigenvalue weighted by molar-refractivity contribution is 0.753. The standard InChI is InChI=1S/C14H14Cl2N2S/c1-9(2)14-17-12(16)7-13(18-14)19-8-10-5-3-4-6-11(10)15/h3-7,9H,8H2,1-2H3. The summed E-state index contributed by atoms with van der Waals surface area (Å²) >= 11 is 13.8. The first-order valence-corrected chi connectivity index (χ1v) is 7.71. The number of aromatic nitrogens is 2. The van der Waals surface area contributed by atoms with Crippen molar-refractivity contribution in [2.45, 2.75) is 30.5 Å². The Balaban J connectivity index is 2.14. The molecule has 0 spiro atoms. The number of rotatable bonds is 4. The van der Waals surface area contributed by atoms with Crippen molar-refractivity contribution in [1.82, 2.24) is 9.97 Å². The molecule has 0 bridgehead atoms. The Morgan fingerprint density at radius 1 is 1.16 bits per heavy atom. The number of benzene rings is 1. The second-order valence-corrected chi connectivity index (χ2v) is 6.21. The number of halogens is 2. The molecule has 0 amide bonds. The Hall–Kier alpha value is -0.770. The van der Waals surface area contributed by atoms with Crippen LogP contribution in [0.3, 0.4) is 0 Å². The molecule has 0 saturated carbocycles. The second-order valence-electron chi connectivity index (χ2n) is 4.42. The smallest absolute Gasteiger partial charge is 0.133 e. The van der Waals surface area contributed by atoms with Crippen LogP contribution in [-0.2, 0) is 5.75 Å². The summed E-state index contributed by atoms with van der Waals surface area (Å²) < 4.78 is 0. The summed E-state index contributed by atoms with van der Waals surface area (Å²) in [4.78, 5) is 8.72. The lowest BCUT2D eigenvalue weighted by Crippen LogP contribution is -1.98. The van der Waals surface area contributed by atoms with Crippen LogP contribution < -0.4 is 0 Å². The minimum absolute atomic E-state index is 0.262. The van der Waals surface area contributed by atoms with Gasteiger partial charge in [0.25, 0.3) is 0 Å². The molecule has 2 nitrogen and oxygen atoms in total. The van der Waals surface area contributed by atoms with Crippen LogP contribution in [-0.4, -0.2) is 9.97 Å². The third-order valence-electron chi connectivity index (χ3n) is 2.54. The average Bonchev–Trinajstić information content (AvgIpc) is 2.37. The van der Waals surface area contributed by atoms with Gasteiger partial charge < -0.3 is 0 Å². The van der Waals surface area contributed by atoms with Gasteiger partial charge in [-0.3, -0.25) is 0 Å². The summed E-state index contributed by atoms with van der Waals surface area (Å²) in [5.41, 5.74) is 1.09.